The number of hydrogen-bond acceptors (Lipinski definition) is 4. The number of rotatable bonds is 7. The van der Waals surface area contributed by atoms with Crippen molar-refractivity contribution in [1.82, 2.24) is 15.4 Å². The Bertz CT molecular complexity index is 1030. The second-order valence-corrected chi connectivity index (χ2v) is 7.75. The van der Waals surface area contributed by atoms with Crippen LogP contribution in [0.15, 0.2) is 77.7 Å². The first-order valence-corrected chi connectivity index (χ1v) is 9.98. The van der Waals surface area contributed by atoms with Gasteiger partial charge in [-0.25, -0.2) is 8.42 Å². The average molecular weight is 383 g/mol. The van der Waals surface area contributed by atoms with E-state index in [0.717, 1.165) is 10.8 Å². The maximum absolute atomic E-state index is 12.8. The highest BCUT2D eigenvalue weighted by molar-refractivity contribution is 7.89. The molecular weight excluding hydrogens is 362 g/mol. The molecule has 3 rings (SSSR count). The third kappa shape index (κ3) is 4.51. The van der Waals surface area contributed by atoms with Crippen LogP contribution in [0.25, 0.3) is 10.8 Å². The van der Waals surface area contributed by atoms with Crippen LogP contribution in [0.4, 0.5) is 0 Å². The molecule has 1 unspecified atom stereocenters. The summed E-state index contributed by atoms with van der Waals surface area (Å²) in [5.74, 6) is -0.314. The van der Waals surface area contributed by atoms with Gasteiger partial charge in [-0.3, -0.25) is 4.79 Å². The summed E-state index contributed by atoms with van der Waals surface area (Å²) in [7, 11) is -2.17. The van der Waals surface area contributed by atoms with E-state index in [9.17, 15) is 13.2 Å². The molecule has 0 saturated carbocycles. The molecule has 6 nitrogen and oxygen atoms in total. The topological polar surface area (TPSA) is 87.3 Å². The number of sulfonamides is 1. The van der Waals surface area contributed by atoms with Gasteiger partial charge in [-0.1, -0.05) is 60.7 Å². The smallest absolute Gasteiger partial charge is 0.242 e. The zero-order valence-electron chi connectivity index (χ0n) is 14.8. The van der Waals surface area contributed by atoms with Gasteiger partial charge in [0.25, 0.3) is 0 Å². The van der Waals surface area contributed by atoms with Gasteiger partial charge in [0.15, 0.2) is 0 Å². The van der Waals surface area contributed by atoms with E-state index < -0.39 is 16.2 Å². The maximum Gasteiger partial charge on any atom is 0.242 e. The number of hydrogen-bond donors (Lipinski definition) is 3. The fourth-order valence-corrected chi connectivity index (χ4v) is 4.02. The molecule has 27 heavy (non-hydrogen) atoms. The van der Waals surface area contributed by atoms with Crippen molar-refractivity contribution in [3.63, 3.8) is 0 Å². The lowest BCUT2D eigenvalue weighted by Crippen LogP contribution is -2.43. The van der Waals surface area contributed by atoms with E-state index in [2.05, 4.69) is 15.4 Å². The van der Waals surface area contributed by atoms with Crippen LogP contribution in [0, 0.1) is 0 Å². The highest BCUT2D eigenvalue weighted by Gasteiger charge is 2.24. The minimum atomic E-state index is -3.82. The van der Waals surface area contributed by atoms with Crippen LogP contribution in [0.2, 0.25) is 0 Å². The molecule has 0 saturated heterocycles. The Labute approximate surface area is 158 Å². The highest BCUT2D eigenvalue weighted by atomic mass is 32.2. The van der Waals surface area contributed by atoms with Gasteiger partial charge >= 0.3 is 0 Å². The molecule has 0 aliphatic heterocycles. The van der Waals surface area contributed by atoms with Crippen LogP contribution in [0.3, 0.4) is 0 Å². The Morgan fingerprint density at radius 3 is 2.33 bits per heavy atom. The summed E-state index contributed by atoms with van der Waals surface area (Å²) in [6.45, 7) is 0.0777. The van der Waals surface area contributed by atoms with E-state index in [0.29, 0.717) is 5.56 Å². The fourth-order valence-electron chi connectivity index (χ4n) is 2.87. The van der Waals surface area contributed by atoms with E-state index in [1.807, 2.05) is 36.4 Å². The van der Waals surface area contributed by atoms with Crippen molar-refractivity contribution in [1.29, 1.82) is 0 Å². The molecule has 0 spiro atoms. The monoisotopic (exact) mass is 383 g/mol. The summed E-state index contributed by atoms with van der Waals surface area (Å²) in [4.78, 5) is 12.3. The maximum atomic E-state index is 12.8. The number of likely N-dealkylation sites (N-methyl/N-ethyl adjacent to an activating group) is 1. The lowest BCUT2D eigenvalue weighted by atomic mass is 10.0. The molecule has 0 bridgehead atoms. The van der Waals surface area contributed by atoms with Gasteiger partial charge in [0.05, 0.1) is 11.4 Å². The van der Waals surface area contributed by atoms with Gasteiger partial charge in [-0.15, -0.1) is 0 Å². The Hall–Kier alpha value is -2.74. The molecule has 3 aromatic rings. The molecule has 0 heterocycles. The molecule has 3 N–H and O–H groups in total. The first-order chi connectivity index (χ1) is 13.0. The zero-order valence-corrected chi connectivity index (χ0v) is 15.7. The number of benzene rings is 3. The lowest BCUT2D eigenvalue weighted by molar-refractivity contribution is -0.120. The van der Waals surface area contributed by atoms with Crippen LogP contribution < -0.4 is 15.4 Å². The van der Waals surface area contributed by atoms with Gasteiger partial charge in [-0.05, 0) is 35.5 Å². The largest absolute Gasteiger partial charge is 0.335 e. The molecule has 0 fully saturated rings. The van der Waals surface area contributed by atoms with E-state index in [1.54, 1.807) is 31.3 Å². The Morgan fingerprint density at radius 2 is 1.59 bits per heavy atom. The van der Waals surface area contributed by atoms with Crippen LogP contribution in [-0.4, -0.2) is 27.9 Å². The van der Waals surface area contributed by atoms with E-state index >= 15 is 0 Å². The van der Waals surface area contributed by atoms with Crippen molar-refractivity contribution < 1.29 is 13.2 Å². The number of carbonyl (C=O) groups is 1. The van der Waals surface area contributed by atoms with Gasteiger partial charge in [0.1, 0.15) is 6.17 Å². The van der Waals surface area contributed by atoms with Gasteiger partial charge < -0.3 is 10.6 Å². The van der Waals surface area contributed by atoms with E-state index in [-0.39, 0.29) is 17.3 Å². The van der Waals surface area contributed by atoms with Crippen LogP contribution in [0.5, 0.6) is 0 Å². The predicted octanol–water partition coefficient (Wildman–Crippen LogP) is 2.15. The minimum absolute atomic E-state index is 0.0777. The fraction of sp³-hybridized carbons (Fsp3) is 0.150. The van der Waals surface area contributed by atoms with E-state index in [1.165, 1.54) is 12.1 Å². The number of carbonyl (C=O) groups excluding carboxylic acids is 1. The predicted molar refractivity (Wildman–Crippen MR) is 106 cm³/mol. The number of amides is 1. The molecule has 1 amide bonds. The summed E-state index contributed by atoms with van der Waals surface area (Å²) in [5.41, 5.74) is 0.678. The number of fused-ring (bicyclic) bond motifs is 1. The average Bonchev–Trinajstić information content (AvgIpc) is 2.68. The second-order valence-electron chi connectivity index (χ2n) is 6.03. The van der Waals surface area contributed by atoms with Crippen LogP contribution in [0.1, 0.15) is 11.7 Å². The molecule has 0 radical (unpaired) electrons. The highest BCUT2D eigenvalue weighted by Crippen LogP contribution is 2.24. The normalized spacial score (nSPS) is 12.6. The van der Waals surface area contributed by atoms with Gasteiger partial charge in [-0.2, -0.15) is 4.72 Å². The summed E-state index contributed by atoms with van der Waals surface area (Å²) in [6.07, 6.45) is -0.901. The lowest BCUT2D eigenvalue weighted by Gasteiger charge is -2.22. The Morgan fingerprint density at radius 1 is 0.926 bits per heavy atom. The van der Waals surface area contributed by atoms with Crippen molar-refractivity contribution in [2.24, 2.45) is 0 Å². The van der Waals surface area contributed by atoms with Gasteiger partial charge in [0, 0.05) is 0 Å². The quantitative estimate of drug-likeness (QED) is 0.546. The van der Waals surface area contributed by atoms with Crippen LogP contribution >= 0.6 is 0 Å². The van der Waals surface area contributed by atoms with Gasteiger partial charge in [0.2, 0.25) is 15.9 Å². The number of nitrogens with one attached hydrogen (secondary N) is 3. The SMILES string of the molecule is CNCC(=O)NC(NS(=O)(=O)c1ccccc1)c1cccc2ccccc12. The van der Waals surface area contributed by atoms with Crippen molar-refractivity contribution in [3.8, 4) is 0 Å². The molecule has 0 aliphatic rings. The Kier molecular flexibility index (Phi) is 5.85. The first kappa shape index (κ1) is 19.0. The molecule has 0 aromatic heterocycles. The third-order valence-corrected chi connectivity index (χ3v) is 5.54. The summed E-state index contributed by atoms with van der Waals surface area (Å²) < 4.78 is 28.2. The first-order valence-electron chi connectivity index (χ1n) is 8.50. The summed E-state index contributed by atoms with van der Waals surface area (Å²) in [6, 6.07) is 21.3. The van der Waals surface area contributed by atoms with Crippen molar-refractivity contribution in [2.75, 3.05) is 13.6 Å². The molecule has 7 heteroatoms. The standard InChI is InChI=1S/C20H21N3O3S/c1-21-14-19(24)22-20(23-27(25,26)16-10-3-2-4-11-16)18-13-7-9-15-8-5-6-12-17(15)18/h2-13,20-21,23H,14H2,1H3,(H,22,24). The van der Waals surface area contributed by atoms with Crippen LogP contribution in [-0.2, 0) is 14.8 Å². The Balaban J connectivity index is 2.02. The third-order valence-electron chi connectivity index (χ3n) is 4.10. The summed E-state index contributed by atoms with van der Waals surface area (Å²) in [5, 5.41) is 7.35. The van der Waals surface area contributed by atoms with Crippen molar-refractivity contribution >= 4 is 26.7 Å². The molecule has 0 aliphatic carbocycles. The zero-order chi connectivity index (χ0) is 19.3. The van der Waals surface area contributed by atoms with Crippen molar-refractivity contribution in [3.05, 3.63) is 78.4 Å². The molecule has 140 valence electrons. The minimum Gasteiger partial charge on any atom is -0.335 e. The second kappa shape index (κ2) is 8.30. The molecule has 1 atom stereocenters. The molecular formula is C20H21N3O3S. The molecule has 3 aromatic carbocycles. The van der Waals surface area contributed by atoms with E-state index in [4.69, 9.17) is 0 Å². The summed E-state index contributed by atoms with van der Waals surface area (Å²) >= 11 is 0. The van der Waals surface area contributed by atoms with Crippen molar-refractivity contribution in [2.45, 2.75) is 11.1 Å².